The Morgan fingerprint density at radius 2 is 1.73 bits per heavy atom. The van der Waals surface area contributed by atoms with E-state index in [-0.39, 0.29) is 24.1 Å². The lowest BCUT2D eigenvalue weighted by molar-refractivity contribution is -0.125. The van der Waals surface area contributed by atoms with E-state index in [2.05, 4.69) is 45.6 Å². The molecule has 2 fully saturated rings. The minimum absolute atomic E-state index is 0.0195. The van der Waals surface area contributed by atoms with Gasteiger partial charge in [0.1, 0.15) is 17.5 Å². The van der Waals surface area contributed by atoms with Gasteiger partial charge in [-0.15, -0.1) is 0 Å². The molecule has 3 unspecified atom stereocenters. The number of hydrogen-bond donors (Lipinski definition) is 3. The van der Waals surface area contributed by atoms with E-state index in [1.54, 1.807) is 4.90 Å². The van der Waals surface area contributed by atoms with Gasteiger partial charge in [0.25, 0.3) is 0 Å². The van der Waals surface area contributed by atoms with Crippen LogP contribution in [0.15, 0.2) is 36.5 Å². The van der Waals surface area contributed by atoms with Crippen molar-refractivity contribution in [3.8, 4) is 11.3 Å². The summed E-state index contributed by atoms with van der Waals surface area (Å²) in [6.45, 7) is 6.70. The Hall–Kier alpha value is -3.82. The predicted octanol–water partition coefficient (Wildman–Crippen LogP) is 5.34. The van der Waals surface area contributed by atoms with Gasteiger partial charge < -0.3 is 20.1 Å². The highest BCUT2D eigenvalue weighted by Gasteiger charge is 2.36. The molecule has 1 aromatic carbocycles. The van der Waals surface area contributed by atoms with Crippen molar-refractivity contribution in [2.75, 3.05) is 13.1 Å². The number of benzene rings is 1. The Labute approximate surface area is 234 Å². The van der Waals surface area contributed by atoms with E-state index < -0.39 is 17.7 Å². The van der Waals surface area contributed by atoms with Crippen molar-refractivity contribution in [3.63, 3.8) is 0 Å². The van der Waals surface area contributed by atoms with Gasteiger partial charge in [0.05, 0.1) is 17.9 Å². The van der Waals surface area contributed by atoms with Crippen molar-refractivity contribution < 1.29 is 24.2 Å². The number of carbonyl (C=O) groups is 3. The van der Waals surface area contributed by atoms with E-state index in [0.717, 1.165) is 61.2 Å². The van der Waals surface area contributed by atoms with Gasteiger partial charge in [0, 0.05) is 19.1 Å². The van der Waals surface area contributed by atoms with E-state index in [1.165, 1.54) is 10.5 Å². The fourth-order valence-electron chi connectivity index (χ4n) is 5.90. The lowest BCUT2D eigenvalue weighted by Crippen LogP contribution is -2.48. The summed E-state index contributed by atoms with van der Waals surface area (Å²) in [5.74, 6) is 0.589. The van der Waals surface area contributed by atoms with Crippen LogP contribution in [0.25, 0.3) is 16.8 Å². The minimum atomic E-state index is -1.03. The molecule has 214 valence electrons. The summed E-state index contributed by atoms with van der Waals surface area (Å²) in [6.07, 6.45) is 8.11. The smallest absolute Gasteiger partial charge is 0.410 e. The zero-order valence-corrected chi connectivity index (χ0v) is 23.5. The number of H-pyrrole nitrogens is 1. The first-order chi connectivity index (χ1) is 19.1. The second kappa shape index (κ2) is 11.3. The summed E-state index contributed by atoms with van der Waals surface area (Å²) in [5.41, 5.74) is 3.77. The Morgan fingerprint density at radius 1 is 1.02 bits per heavy atom. The van der Waals surface area contributed by atoms with Gasteiger partial charge >= 0.3 is 12.2 Å². The van der Waals surface area contributed by atoms with Crippen LogP contribution in [0.4, 0.5) is 9.59 Å². The maximum absolute atomic E-state index is 12.7. The lowest BCUT2D eigenvalue weighted by atomic mass is 9.90. The van der Waals surface area contributed by atoms with Crippen LogP contribution in [-0.2, 0) is 9.53 Å². The molecule has 3 amide bonds. The van der Waals surface area contributed by atoms with Gasteiger partial charge in [0.2, 0.25) is 5.91 Å². The van der Waals surface area contributed by atoms with Crippen LogP contribution in [0.5, 0.6) is 0 Å². The van der Waals surface area contributed by atoms with Crippen LogP contribution in [0.2, 0.25) is 0 Å². The van der Waals surface area contributed by atoms with Crippen LogP contribution in [0, 0.1) is 0 Å². The molecule has 2 aliphatic heterocycles. The highest BCUT2D eigenvalue weighted by molar-refractivity contribution is 5.86. The van der Waals surface area contributed by atoms with Crippen molar-refractivity contribution in [2.45, 2.75) is 89.4 Å². The van der Waals surface area contributed by atoms with Gasteiger partial charge in [-0.3, -0.25) is 14.6 Å². The van der Waals surface area contributed by atoms with E-state index >= 15 is 0 Å². The molecule has 3 N–H and O–H groups in total. The van der Waals surface area contributed by atoms with Crippen molar-refractivity contribution in [3.05, 3.63) is 47.9 Å². The van der Waals surface area contributed by atoms with Gasteiger partial charge in [-0.2, -0.15) is 0 Å². The van der Waals surface area contributed by atoms with Crippen LogP contribution in [-0.4, -0.2) is 73.7 Å². The number of nitrogens with one attached hydrogen (secondary N) is 2. The third kappa shape index (κ3) is 6.16. The van der Waals surface area contributed by atoms with Gasteiger partial charge in [0.15, 0.2) is 0 Å². The summed E-state index contributed by atoms with van der Waals surface area (Å²) in [6, 6.07) is 7.67. The van der Waals surface area contributed by atoms with E-state index in [4.69, 9.17) is 4.74 Å². The van der Waals surface area contributed by atoms with Gasteiger partial charge in [-0.05, 0) is 82.4 Å². The number of likely N-dealkylation sites (tertiary alicyclic amines) is 2. The summed E-state index contributed by atoms with van der Waals surface area (Å²) in [5, 5.41) is 12.4. The largest absolute Gasteiger partial charge is 0.465 e. The fourth-order valence-corrected chi connectivity index (χ4v) is 5.90. The third-order valence-electron chi connectivity index (χ3n) is 7.92. The van der Waals surface area contributed by atoms with E-state index in [9.17, 15) is 19.5 Å². The molecule has 0 saturated carbocycles. The number of carbonyl (C=O) groups excluding carboxylic acids is 2. The fraction of sp³-hybridized carbons (Fsp3) is 0.533. The van der Waals surface area contributed by atoms with Crippen LogP contribution < -0.4 is 5.32 Å². The minimum Gasteiger partial charge on any atom is -0.465 e. The molecule has 3 aliphatic rings. The first-order valence-electron chi connectivity index (χ1n) is 14.2. The number of allylic oxidation sites excluding steroid dienone is 1. The lowest BCUT2D eigenvalue weighted by Gasteiger charge is -2.27. The number of nitrogens with zero attached hydrogens (tertiary/aromatic N) is 3. The summed E-state index contributed by atoms with van der Waals surface area (Å²) >= 11 is 0. The summed E-state index contributed by atoms with van der Waals surface area (Å²) in [4.78, 5) is 47.8. The standard InChI is InChI=1S/C30H39N5O5/c1-30(2,3)40-29(39)35-17-4-6-24(35)26-31-18-23(33-26)21-10-8-19(9-11-21)20-12-14-22(15-13-20)32-27(36)25-7-5-16-34(25)28(37)38/h8-12,18,22,24-25H,4-7,13-17H2,1-3H3,(H,31,33)(H,32,36)(H,37,38). The molecule has 5 rings (SSSR count). The molecular weight excluding hydrogens is 510 g/mol. The molecule has 3 heterocycles. The molecule has 10 heteroatoms. The molecule has 10 nitrogen and oxygen atoms in total. The summed E-state index contributed by atoms with van der Waals surface area (Å²) in [7, 11) is 0. The number of ether oxygens (including phenoxy) is 1. The number of imidazole rings is 1. The first kappa shape index (κ1) is 27.7. The third-order valence-corrected chi connectivity index (χ3v) is 7.92. The van der Waals surface area contributed by atoms with Crippen LogP contribution >= 0.6 is 0 Å². The highest BCUT2D eigenvalue weighted by atomic mass is 16.6. The molecule has 2 aromatic rings. The van der Waals surface area contributed by atoms with E-state index in [0.29, 0.717) is 19.5 Å². The molecule has 3 atom stereocenters. The average Bonchev–Trinajstić information content (AvgIpc) is 3.69. The summed E-state index contributed by atoms with van der Waals surface area (Å²) < 4.78 is 5.59. The average molecular weight is 550 g/mol. The molecule has 0 radical (unpaired) electrons. The Bertz CT molecular complexity index is 1280. The maximum atomic E-state index is 12.7. The number of rotatable bonds is 5. The van der Waals surface area contributed by atoms with Crippen molar-refractivity contribution >= 4 is 23.7 Å². The second-order valence-electron chi connectivity index (χ2n) is 11.9. The number of amides is 3. The Morgan fingerprint density at radius 3 is 2.40 bits per heavy atom. The highest BCUT2D eigenvalue weighted by Crippen LogP contribution is 2.34. The molecule has 1 aromatic heterocycles. The Balaban J connectivity index is 1.18. The van der Waals surface area contributed by atoms with E-state index in [1.807, 2.05) is 27.0 Å². The van der Waals surface area contributed by atoms with Crippen molar-refractivity contribution in [1.82, 2.24) is 25.1 Å². The number of aromatic nitrogens is 2. The molecule has 2 saturated heterocycles. The first-order valence-corrected chi connectivity index (χ1v) is 14.2. The van der Waals surface area contributed by atoms with Crippen molar-refractivity contribution in [1.29, 1.82) is 0 Å². The number of carboxylic acid groups (broad SMARTS) is 1. The van der Waals surface area contributed by atoms with Crippen molar-refractivity contribution in [2.24, 2.45) is 0 Å². The maximum Gasteiger partial charge on any atom is 0.410 e. The molecule has 40 heavy (non-hydrogen) atoms. The second-order valence-corrected chi connectivity index (χ2v) is 11.9. The molecule has 0 spiro atoms. The Kier molecular flexibility index (Phi) is 7.87. The zero-order chi connectivity index (χ0) is 28.4. The number of aromatic amines is 1. The molecule has 0 bridgehead atoms. The number of hydrogen-bond acceptors (Lipinski definition) is 5. The quantitative estimate of drug-likeness (QED) is 0.462. The molecule has 1 aliphatic carbocycles. The topological polar surface area (TPSA) is 128 Å². The molecular formula is C30H39N5O5. The normalized spacial score (nSPS) is 23.2. The van der Waals surface area contributed by atoms with Crippen LogP contribution in [0.1, 0.15) is 83.1 Å². The zero-order valence-electron chi connectivity index (χ0n) is 23.5. The SMILES string of the molecule is CC(C)(C)OC(=O)N1CCCC1c1ncc(-c2ccc(C3=CCC(NC(=O)C4CCCN4C(=O)O)CC3)cc2)[nH]1. The predicted molar refractivity (Wildman–Crippen MR) is 150 cm³/mol. The van der Waals surface area contributed by atoms with Gasteiger partial charge in [-0.25, -0.2) is 14.6 Å². The van der Waals surface area contributed by atoms with Gasteiger partial charge in [-0.1, -0.05) is 30.3 Å². The van der Waals surface area contributed by atoms with Crippen LogP contribution in [0.3, 0.4) is 0 Å². The monoisotopic (exact) mass is 549 g/mol.